The van der Waals surface area contributed by atoms with Crippen LogP contribution in [0.2, 0.25) is 0 Å². The zero-order valence-electron chi connectivity index (χ0n) is 12.8. The molecule has 0 atom stereocenters. The summed E-state index contributed by atoms with van der Waals surface area (Å²) in [5.41, 5.74) is 0. The predicted molar refractivity (Wildman–Crippen MR) is 73.7 cm³/mol. The number of aliphatic carboxylic acids is 5. The van der Waals surface area contributed by atoms with E-state index in [1.165, 1.54) is 0 Å². The van der Waals surface area contributed by atoms with Crippen molar-refractivity contribution in [2.45, 2.75) is 0 Å². The van der Waals surface area contributed by atoms with Gasteiger partial charge in [-0.3, -0.25) is 0 Å². The van der Waals surface area contributed by atoms with Crippen LogP contribution in [0, 0.1) is 0 Å². The Hall–Kier alpha value is -2.03. The summed E-state index contributed by atoms with van der Waals surface area (Å²) in [5.74, 6) is -8.55. The summed E-state index contributed by atoms with van der Waals surface area (Å²) in [6.07, 6.45) is 0. The topological polar surface area (TPSA) is 233 Å². The van der Waals surface area contributed by atoms with Gasteiger partial charge < -0.3 is 0 Å². The summed E-state index contributed by atoms with van der Waals surface area (Å²) in [6.45, 7) is -6.80. The van der Waals surface area contributed by atoms with Crippen LogP contribution in [0.5, 0.6) is 0 Å². The third-order valence-electron chi connectivity index (χ3n) is 1.99. The van der Waals surface area contributed by atoms with Crippen molar-refractivity contribution in [2.75, 3.05) is 33.0 Å². The molecular formula is C10H15O15Sb. The second-order valence-corrected chi connectivity index (χ2v) is 12.0. The van der Waals surface area contributed by atoms with Gasteiger partial charge in [-0.05, 0) is 0 Å². The van der Waals surface area contributed by atoms with Gasteiger partial charge in [-0.25, -0.2) is 0 Å². The molecule has 0 saturated carbocycles. The minimum atomic E-state index is -7.06. The molecule has 0 radical (unpaired) electrons. The predicted octanol–water partition coefficient (Wildman–Crippen LogP) is -2.62. The summed E-state index contributed by atoms with van der Waals surface area (Å²) in [6, 6.07) is 0. The first-order valence-electron chi connectivity index (χ1n) is 6.26. The number of carboxylic acid groups (broad SMARTS) is 5. The molecule has 0 aliphatic heterocycles. The fraction of sp³-hybridized carbons (Fsp3) is 0.500. The van der Waals surface area contributed by atoms with Crippen molar-refractivity contribution in [3.8, 4) is 0 Å². The van der Waals surface area contributed by atoms with Gasteiger partial charge in [-0.15, -0.1) is 0 Å². The molecule has 0 unspecified atom stereocenters. The fourth-order valence-corrected chi connectivity index (χ4v) is 7.89. The Labute approximate surface area is 147 Å². The number of hydrogen-bond donors (Lipinski definition) is 5. The first-order valence-corrected chi connectivity index (χ1v) is 11.5. The van der Waals surface area contributed by atoms with E-state index in [1.807, 2.05) is 0 Å². The van der Waals surface area contributed by atoms with E-state index in [-0.39, 0.29) is 0 Å². The Kier molecular flexibility index (Phi) is 9.40. The first-order chi connectivity index (χ1) is 11.9. The fourth-order valence-electron chi connectivity index (χ4n) is 1.18. The van der Waals surface area contributed by atoms with Crippen molar-refractivity contribution >= 4 is 49.3 Å². The Morgan fingerprint density at radius 3 is 0.731 bits per heavy atom. The van der Waals surface area contributed by atoms with Gasteiger partial charge in [0.2, 0.25) is 0 Å². The second kappa shape index (κ2) is 10.2. The Balaban J connectivity index is 6.07. The van der Waals surface area contributed by atoms with Crippen LogP contribution in [0.15, 0.2) is 0 Å². The van der Waals surface area contributed by atoms with E-state index in [9.17, 15) is 24.0 Å². The van der Waals surface area contributed by atoms with E-state index in [0.717, 1.165) is 0 Å². The molecule has 0 bridgehead atoms. The molecule has 15 nitrogen and oxygen atoms in total. The van der Waals surface area contributed by atoms with E-state index in [2.05, 4.69) is 0 Å². The molecule has 0 spiro atoms. The Morgan fingerprint density at radius 1 is 0.462 bits per heavy atom. The zero-order chi connectivity index (χ0) is 20.4. The van der Waals surface area contributed by atoms with Gasteiger partial charge in [0.15, 0.2) is 0 Å². The van der Waals surface area contributed by atoms with Crippen LogP contribution in [0.1, 0.15) is 0 Å². The maximum absolute atomic E-state index is 10.8. The Bertz CT molecular complexity index is 449. The van der Waals surface area contributed by atoms with Crippen LogP contribution >= 0.6 is 0 Å². The number of carbonyl (C=O) groups is 5. The Morgan fingerprint density at radius 2 is 0.615 bits per heavy atom. The normalized spacial score (nSPS) is 12.7. The van der Waals surface area contributed by atoms with Gasteiger partial charge in [-0.2, -0.15) is 0 Å². The summed E-state index contributed by atoms with van der Waals surface area (Å²) < 4.78 is 23.7. The molecule has 0 aromatic carbocycles. The zero-order valence-corrected chi connectivity index (χ0v) is 15.4. The summed E-state index contributed by atoms with van der Waals surface area (Å²) in [7, 11) is 0. The average Bonchev–Trinajstić information content (AvgIpc) is 2.53. The molecule has 26 heavy (non-hydrogen) atoms. The third-order valence-corrected chi connectivity index (χ3v) is 9.85. The number of carboxylic acids is 5. The van der Waals surface area contributed by atoms with Gasteiger partial charge in [0, 0.05) is 0 Å². The van der Waals surface area contributed by atoms with E-state index < -0.39 is 82.4 Å². The van der Waals surface area contributed by atoms with Crippen molar-refractivity contribution < 1.29 is 64.6 Å². The van der Waals surface area contributed by atoms with Gasteiger partial charge in [-0.1, -0.05) is 0 Å². The molecule has 150 valence electrons. The van der Waals surface area contributed by atoms with Crippen molar-refractivity contribution in [1.29, 1.82) is 0 Å². The molecule has 0 heterocycles. The van der Waals surface area contributed by atoms with Crippen LogP contribution in [0.25, 0.3) is 0 Å². The maximum atomic E-state index is 10.8. The molecule has 0 aromatic heterocycles. The van der Waals surface area contributed by atoms with Crippen molar-refractivity contribution in [1.82, 2.24) is 0 Å². The number of rotatable bonds is 15. The average molecular weight is 497 g/mol. The van der Waals surface area contributed by atoms with E-state index >= 15 is 0 Å². The van der Waals surface area contributed by atoms with E-state index in [4.69, 9.17) is 40.6 Å². The molecule has 0 aliphatic carbocycles. The molecule has 0 aliphatic rings. The molecule has 0 aromatic rings. The summed E-state index contributed by atoms with van der Waals surface area (Å²) in [5, 5.41) is 43.6. The quantitative estimate of drug-likeness (QED) is 0.146. The van der Waals surface area contributed by atoms with Gasteiger partial charge in [0.05, 0.1) is 0 Å². The standard InChI is InChI=1S/5C2H3O3.Sb/c5*3-1-2(4)5;/h5*1H2,(H,4,5);/q5*-1;+5. The molecule has 0 saturated heterocycles. The van der Waals surface area contributed by atoms with Crippen LogP contribution in [-0.4, -0.2) is 108 Å². The van der Waals surface area contributed by atoms with Crippen LogP contribution in [0.4, 0.5) is 0 Å². The van der Waals surface area contributed by atoms with Crippen LogP contribution in [-0.2, 0) is 39.0 Å². The molecule has 5 N–H and O–H groups in total. The van der Waals surface area contributed by atoms with Crippen LogP contribution < -0.4 is 0 Å². The van der Waals surface area contributed by atoms with Gasteiger partial charge >= 0.3 is 147 Å². The minimum absolute atomic E-state index is 1.36. The van der Waals surface area contributed by atoms with Crippen molar-refractivity contribution in [2.24, 2.45) is 0 Å². The summed E-state index contributed by atoms with van der Waals surface area (Å²) in [4.78, 5) is 53.8. The number of hydrogen-bond acceptors (Lipinski definition) is 10. The second-order valence-electron chi connectivity index (χ2n) is 4.08. The molecule has 16 heteroatoms. The van der Waals surface area contributed by atoms with Crippen molar-refractivity contribution in [3.63, 3.8) is 0 Å². The molecule has 0 amide bonds. The third kappa shape index (κ3) is 8.89. The molecule has 0 rings (SSSR count). The first kappa shape index (κ1) is 24.0. The van der Waals surface area contributed by atoms with E-state index in [1.54, 1.807) is 0 Å². The molecular weight excluding hydrogens is 482 g/mol. The van der Waals surface area contributed by atoms with Crippen LogP contribution in [0.3, 0.4) is 0 Å². The van der Waals surface area contributed by atoms with Gasteiger partial charge in [0.1, 0.15) is 0 Å². The monoisotopic (exact) mass is 496 g/mol. The summed E-state index contributed by atoms with van der Waals surface area (Å²) >= 11 is -7.06. The van der Waals surface area contributed by atoms with Crippen molar-refractivity contribution in [3.05, 3.63) is 0 Å². The SMILES string of the molecule is O=C(O)C[O][Sb]([O]CC(=O)O)([O]CC(=O)O)([O]CC(=O)O)[O]CC(=O)O. The van der Waals surface area contributed by atoms with E-state index in [0.29, 0.717) is 0 Å². The molecule has 0 fully saturated rings. The van der Waals surface area contributed by atoms with Gasteiger partial charge in [0.25, 0.3) is 0 Å².